The smallest absolute Gasteiger partial charge is 0.273 e. The fraction of sp³-hybridized carbons (Fsp3) is 0.440. The van der Waals surface area contributed by atoms with Gasteiger partial charge in [-0.15, -0.1) is 5.10 Å². The molecule has 3 fully saturated rings. The van der Waals surface area contributed by atoms with Crippen molar-refractivity contribution >= 4 is 29.2 Å². The Morgan fingerprint density at radius 2 is 2.06 bits per heavy atom. The molecule has 1 aliphatic heterocycles. The molecule has 0 radical (unpaired) electrons. The van der Waals surface area contributed by atoms with E-state index < -0.39 is 0 Å². The zero-order valence-electron chi connectivity index (χ0n) is 19.6. The first-order valence-electron chi connectivity index (χ1n) is 12.0. The summed E-state index contributed by atoms with van der Waals surface area (Å²) in [5.74, 6) is 1.67. The number of nitrogens with one attached hydrogen (secondary N) is 1. The summed E-state index contributed by atoms with van der Waals surface area (Å²) in [7, 11) is 0. The molecule has 0 unspecified atom stereocenters. The number of aryl methyl sites for hydroxylation is 1. The van der Waals surface area contributed by atoms with E-state index in [1.807, 2.05) is 26.0 Å². The Balaban J connectivity index is 1.08. The van der Waals surface area contributed by atoms with Gasteiger partial charge >= 0.3 is 0 Å². The highest BCUT2D eigenvalue weighted by molar-refractivity contribution is 6.30. The standard InChI is InChI=1S/C25H26ClN7O2/c1-13-5-23(32-11-16-8-19(16)25(32)35)28-10-20(13)14(2)33-12-22(30-31-33)24(34)29-18-6-15(7-18)21-9-17(26)3-4-27-21/h3-5,9-10,12,14-16,18-19H,6-8,11H2,1-2H3,(H,29,34)/t14-,15?,16+,18?,19+/m0/s1. The number of carbonyl (C=O) groups is 2. The predicted octanol–water partition coefficient (Wildman–Crippen LogP) is 3.30. The van der Waals surface area contributed by atoms with Gasteiger partial charge in [0.05, 0.1) is 12.2 Å². The third kappa shape index (κ3) is 4.07. The van der Waals surface area contributed by atoms with E-state index in [1.165, 1.54) is 0 Å². The van der Waals surface area contributed by atoms with Gasteiger partial charge < -0.3 is 5.32 Å². The van der Waals surface area contributed by atoms with Crippen LogP contribution in [-0.2, 0) is 4.79 Å². The number of aromatic nitrogens is 5. The minimum absolute atomic E-state index is 0.0779. The molecule has 1 N–H and O–H groups in total. The van der Waals surface area contributed by atoms with Crippen LogP contribution >= 0.6 is 11.6 Å². The molecule has 3 aliphatic rings. The lowest BCUT2D eigenvalue weighted by Crippen LogP contribution is -2.43. The quantitative estimate of drug-likeness (QED) is 0.567. The summed E-state index contributed by atoms with van der Waals surface area (Å²) in [6, 6.07) is 5.52. The van der Waals surface area contributed by atoms with E-state index >= 15 is 0 Å². The van der Waals surface area contributed by atoms with Crippen LogP contribution in [0.15, 0.2) is 36.8 Å². The molecule has 3 atom stereocenters. The van der Waals surface area contributed by atoms with Crippen LogP contribution in [0.5, 0.6) is 0 Å². The SMILES string of the molecule is Cc1cc(N2C[C@H]3C[C@H]3C2=O)ncc1[C@H](C)n1cc(C(=O)NC2CC(c3cc(Cl)ccn3)C2)nn1. The molecule has 0 aromatic carbocycles. The highest BCUT2D eigenvalue weighted by Crippen LogP contribution is 2.47. The average molecular weight is 492 g/mol. The molecule has 10 heteroatoms. The van der Waals surface area contributed by atoms with Crippen molar-refractivity contribution in [3.63, 3.8) is 0 Å². The lowest BCUT2D eigenvalue weighted by Gasteiger charge is -2.35. The summed E-state index contributed by atoms with van der Waals surface area (Å²) >= 11 is 6.06. The Kier molecular flexibility index (Phi) is 5.32. The Morgan fingerprint density at radius 1 is 1.23 bits per heavy atom. The second kappa shape index (κ2) is 8.41. The number of halogens is 1. The Hall–Kier alpha value is -3.33. The summed E-state index contributed by atoms with van der Waals surface area (Å²) in [5.41, 5.74) is 3.24. The molecule has 35 heavy (non-hydrogen) atoms. The average Bonchev–Trinajstić information content (AvgIpc) is 3.27. The maximum Gasteiger partial charge on any atom is 0.273 e. The molecular weight excluding hydrogens is 466 g/mol. The van der Waals surface area contributed by atoms with Gasteiger partial charge in [0.25, 0.3) is 5.91 Å². The molecule has 0 spiro atoms. The first-order valence-corrected chi connectivity index (χ1v) is 12.4. The number of amides is 2. The third-order valence-electron chi connectivity index (χ3n) is 7.56. The highest BCUT2D eigenvalue weighted by atomic mass is 35.5. The number of carbonyl (C=O) groups excluding carboxylic acids is 2. The number of hydrogen-bond donors (Lipinski definition) is 1. The maximum absolute atomic E-state index is 12.7. The first kappa shape index (κ1) is 22.2. The van der Waals surface area contributed by atoms with E-state index in [2.05, 4.69) is 25.6 Å². The van der Waals surface area contributed by atoms with Crippen LogP contribution in [0.25, 0.3) is 0 Å². The number of hydrogen-bond acceptors (Lipinski definition) is 6. The molecule has 3 aromatic rings. The third-order valence-corrected chi connectivity index (χ3v) is 7.80. The van der Waals surface area contributed by atoms with Crippen molar-refractivity contribution in [2.24, 2.45) is 11.8 Å². The number of pyridine rings is 2. The Bertz CT molecular complexity index is 1320. The van der Waals surface area contributed by atoms with E-state index in [0.29, 0.717) is 22.7 Å². The lowest BCUT2D eigenvalue weighted by molar-refractivity contribution is -0.118. The number of anilines is 1. The van der Waals surface area contributed by atoms with Gasteiger partial charge in [-0.05, 0) is 68.4 Å². The zero-order valence-corrected chi connectivity index (χ0v) is 20.3. The van der Waals surface area contributed by atoms with Crippen LogP contribution in [0.2, 0.25) is 5.02 Å². The van der Waals surface area contributed by atoms with Crippen LogP contribution in [-0.4, -0.2) is 49.4 Å². The number of rotatable bonds is 6. The van der Waals surface area contributed by atoms with Gasteiger partial charge in [-0.2, -0.15) is 0 Å². The molecule has 4 heterocycles. The van der Waals surface area contributed by atoms with Gasteiger partial charge in [-0.1, -0.05) is 16.8 Å². The Morgan fingerprint density at radius 3 is 2.77 bits per heavy atom. The summed E-state index contributed by atoms with van der Waals surface area (Å²) in [6.07, 6.45) is 7.84. The van der Waals surface area contributed by atoms with Crippen molar-refractivity contribution in [3.05, 3.63) is 64.3 Å². The number of fused-ring (bicyclic) bond motifs is 1. The van der Waals surface area contributed by atoms with Crippen molar-refractivity contribution < 1.29 is 9.59 Å². The van der Waals surface area contributed by atoms with E-state index in [0.717, 1.165) is 42.6 Å². The second-order valence-corrected chi connectivity index (χ2v) is 10.4. The van der Waals surface area contributed by atoms with Gasteiger partial charge in [-0.25, -0.2) is 9.67 Å². The molecule has 180 valence electrons. The summed E-state index contributed by atoms with van der Waals surface area (Å²) in [6.45, 7) is 4.76. The number of piperidine rings is 1. The maximum atomic E-state index is 12.7. The second-order valence-electron chi connectivity index (χ2n) is 9.95. The molecule has 2 aliphatic carbocycles. The van der Waals surface area contributed by atoms with Crippen molar-refractivity contribution in [1.29, 1.82) is 0 Å². The summed E-state index contributed by atoms with van der Waals surface area (Å²) < 4.78 is 1.67. The first-order chi connectivity index (χ1) is 16.9. The van der Waals surface area contributed by atoms with Gasteiger partial charge in [0.2, 0.25) is 5.91 Å². The van der Waals surface area contributed by atoms with Crippen LogP contribution < -0.4 is 10.2 Å². The minimum Gasteiger partial charge on any atom is -0.348 e. The van der Waals surface area contributed by atoms with Crippen molar-refractivity contribution in [3.8, 4) is 0 Å². The fourth-order valence-electron chi connectivity index (χ4n) is 5.21. The Labute approximate surface area is 207 Å². The van der Waals surface area contributed by atoms with Crippen LogP contribution in [0.4, 0.5) is 5.82 Å². The van der Waals surface area contributed by atoms with E-state index in [1.54, 1.807) is 34.2 Å². The van der Waals surface area contributed by atoms with Crippen LogP contribution in [0.3, 0.4) is 0 Å². The molecule has 1 saturated heterocycles. The predicted molar refractivity (Wildman–Crippen MR) is 129 cm³/mol. The topological polar surface area (TPSA) is 106 Å². The van der Waals surface area contributed by atoms with E-state index in [9.17, 15) is 9.59 Å². The lowest BCUT2D eigenvalue weighted by atomic mass is 9.78. The van der Waals surface area contributed by atoms with Gasteiger partial charge in [-0.3, -0.25) is 19.5 Å². The zero-order chi connectivity index (χ0) is 24.3. The number of nitrogens with zero attached hydrogens (tertiary/aromatic N) is 6. The molecule has 6 rings (SSSR count). The molecule has 2 amide bonds. The van der Waals surface area contributed by atoms with Gasteiger partial charge in [0, 0.05) is 47.5 Å². The van der Waals surface area contributed by atoms with Gasteiger partial charge in [0.1, 0.15) is 5.82 Å². The molecular formula is C25H26ClN7O2. The van der Waals surface area contributed by atoms with E-state index in [-0.39, 0.29) is 35.5 Å². The van der Waals surface area contributed by atoms with Crippen molar-refractivity contribution in [2.75, 3.05) is 11.4 Å². The van der Waals surface area contributed by atoms with E-state index in [4.69, 9.17) is 11.6 Å². The molecule has 2 saturated carbocycles. The highest BCUT2D eigenvalue weighted by Gasteiger charge is 2.52. The minimum atomic E-state index is -0.234. The van der Waals surface area contributed by atoms with Crippen molar-refractivity contribution in [2.45, 2.75) is 51.1 Å². The summed E-state index contributed by atoms with van der Waals surface area (Å²) in [5, 5.41) is 12.0. The normalized spacial score (nSPS) is 25.7. The van der Waals surface area contributed by atoms with Crippen LogP contribution in [0, 0.1) is 18.8 Å². The largest absolute Gasteiger partial charge is 0.348 e. The monoisotopic (exact) mass is 491 g/mol. The molecule has 3 aromatic heterocycles. The van der Waals surface area contributed by atoms with Crippen LogP contribution in [0.1, 0.15) is 65.5 Å². The van der Waals surface area contributed by atoms with Gasteiger partial charge in [0.15, 0.2) is 5.69 Å². The fourth-order valence-corrected chi connectivity index (χ4v) is 5.38. The summed E-state index contributed by atoms with van der Waals surface area (Å²) in [4.78, 5) is 35.9. The molecule has 9 nitrogen and oxygen atoms in total. The molecule has 0 bridgehead atoms. The van der Waals surface area contributed by atoms with Crippen molar-refractivity contribution in [1.82, 2.24) is 30.3 Å².